The van der Waals surface area contributed by atoms with E-state index >= 15 is 0 Å². The van der Waals surface area contributed by atoms with Crippen molar-refractivity contribution < 1.29 is 8.76 Å². The third kappa shape index (κ3) is 5.05. The van der Waals surface area contributed by atoms with E-state index in [1.807, 2.05) is 0 Å². The molecule has 1 saturated heterocycles. The number of nitrogens with zero attached hydrogens (tertiary/aromatic N) is 1. The lowest BCUT2D eigenvalue weighted by molar-refractivity contribution is 0.285. The van der Waals surface area contributed by atoms with Gasteiger partial charge in [0.1, 0.15) is 0 Å². The summed E-state index contributed by atoms with van der Waals surface area (Å²) < 4.78 is 19.0. The fourth-order valence-corrected chi connectivity index (χ4v) is 2.19. The Morgan fingerprint density at radius 3 is 2.93 bits per heavy atom. The highest BCUT2D eigenvalue weighted by molar-refractivity contribution is 7.79. The van der Waals surface area contributed by atoms with E-state index in [9.17, 15) is 4.21 Å². The topological polar surface area (TPSA) is 66.6 Å². The summed E-state index contributed by atoms with van der Waals surface area (Å²) in [6.07, 6.45) is 4.13. The van der Waals surface area contributed by atoms with Gasteiger partial charge in [0.2, 0.25) is 0 Å². The minimum Gasteiger partial charge on any atom is -0.328 e. The maximum atomic E-state index is 10.4. The van der Waals surface area contributed by atoms with Crippen LogP contribution in [0.25, 0.3) is 0 Å². The largest absolute Gasteiger partial charge is 0.328 e. The third-order valence-corrected chi connectivity index (χ3v) is 3.30. The van der Waals surface area contributed by atoms with Crippen LogP contribution in [0.4, 0.5) is 0 Å². The summed E-state index contributed by atoms with van der Waals surface area (Å²) in [7, 11) is 0. The van der Waals surface area contributed by atoms with Gasteiger partial charge in [0.15, 0.2) is 11.1 Å². The number of nitrogens with two attached hydrogens (primary N) is 1. The standard InChI is InChI=1S/C9H20N2O2S/c10-9-3-1-5-11(7-4-9)6-2-8-14(12)13/h9H,1-8,10H2,(H,12,13). The molecule has 1 heterocycles. The van der Waals surface area contributed by atoms with Gasteiger partial charge < -0.3 is 15.2 Å². The van der Waals surface area contributed by atoms with Gasteiger partial charge in [0, 0.05) is 6.04 Å². The first-order valence-electron chi connectivity index (χ1n) is 5.24. The first-order chi connectivity index (χ1) is 6.68. The van der Waals surface area contributed by atoms with E-state index in [0.717, 1.165) is 45.3 Å². The van der Waals surface area contributed by atoms with Crippen molar-refractivity contribution in [3.8, 4) is 0 Å². The number of rotatable bonds is 4. The molecular weight excluding hydrogens is 200 g/mol. The molecule has 0 bridgehead atoms. The van der Waals surface area contributed by atoms with Crippen molar-refractivity contribution >= 4 is 11.1 Å². The molecule has 3 N–H and O–H groups in total. The smallest absolute Gasteiger partial charge is 0.152 e. The average Bonchev–Trinajstić information content (AvgIpc) is 2.30. The normalized spacial score (nSPS) is 27.1. The van der Waals surface area contributed by atoms with Gasteiger partial charge in [-0.25, -0.2) is 4.21 Å². The summed E-state index contributed by atoms with van der Waals surface area (Å²) >= 11 is -1.63. The van der Waals surface area contributed by atoms with Crippen molar-refractivity contribution in [2.45, 2.75) is 31.7 Å². The molecular formula is C9H20N2O2S. The Morgan fingerprint density at radius 1 is 1.43 bits per heavy atom. The van der Waals surface area contributed by atoms with Crippen LogP contribution in [0, 0.1) is 0 Å². The molecule has 0 aliphatic carbocycles. The summed E-state index contributed by atoms with van der Waals surface area (Å²) in [5, 5.41) is 0. The predicted octanol–water partition coefficient (Wildman–Crippen LogP) is 0.411. The number of hydrogen-bond acceptors (Lipinski definition) is 3. The van der Waals surface area contributed by atoms with Crippen molar-refractivity contribution in [1.82, 2.24) is 4.90 Å². The molecule has 1 aliphatic rings. The zero-order valence-electron chi connectivity index (χ0n) is 8.52. The lowest BCUT2D eigenvalue weighted by atomic mass is 10.1. The second-order valence-corrected chi connectivity index (χ2v) is 4.96. The van der Waals surface area contributed by atoms with Gasteiger partial charge in [0.25, 0.3) is 0 Å². The summed E-state index contributed by atoms with van der Waals surface area (Å²) in [4.78, 5) is 2.35. The summed E-state index contributed by atoms with van der Waals surface area (Å²) in [6.45, 7) is 3.06. The molecule has 1 fully saturated rings. The molecule has 0 radical (unpaired) electrons. The molecule has 4 nitrogen and oxygen atoms in total. The van der Waals surface area contributed by atoms with E-state index < -0.39 is 11.1 Å². The van der Waals surface area contributed by atoms with Gasteiger partial charge in [-0.3, -0.25) is 0 Å². The van der Waals surface area contributed by atoms with Crippen LogP contribution >= 0.6 is 0 Å². The van der Waals surface area contributed by atoms with Crippen molar-refractivity contribution in [2.24, 2.45) is 5.73 Å². The average molecular weight is 220 g/mol. The Morgan fingerprint density at radius 2 is 2.21 bits per heavy atom. The highest BCUT2D eigenvalue weighted by Crippen LogP contribution is 2.09. The molecule has 84 valence electrons. The van der Waals surface area contributed by atoms with Gasteiger partial charge >= 0.3 is 0 Å². The van der Waals surface area contributed by atoms with E-state index in [4.69, 9.17) is 10.3 Å². The molecule has 5 heteroatoms. The van der Waals surface area contributed by atoms with E-state index in [1.54, 1.807) is 0 Å². The summed E-state index contributed by atoms with van der Waals surface area (Å²) in [5.74, 6) is 0.391. The van der Waals surface area contributed by atoms with Crippen LogP contribution in [0.15, 0.2) is 0 Å². The maximum absolute atomic E-state index is 10.4. The van der Waals surface area contributed by atoms with Gasteiger partial charge in [-0.05, 0) is 45.3 Å². The van der Waals surface area contributed by atoms with Crippen LogP contribution < -0.4 is 5.73 Å². The van der Waals surface area contributed by atoms with Crippen molar-refractivity contribution in [1.29, 1.82) is 0 Å². The zero-order valence-corrected chi connectivity index (χ0v) is 9.34. The molecule has 2 atom stereocenters. The van der Waals surface area contributed by atoms with Crippen LogP contribution in [0.2, 0.25) is 0 Å². The van der Waals surface area contributed by atoms with E-state index in [0.29, 0.717) is 11.8 Å². The molecule has 1 rings (SSSR count). The van der Waals surface area contributed by atoms with Crippen LogP contribution in [-0.2, 0) is 11.1 Å². The van der Waals surface area contributed by atoms with Gasteiger partial charge in [-0.15, -0.1) is 0 Å². The fourth-order valence-electron chi connectivity index (χ4n) is 1.82. The van der Waals surface area contributed by atoms with Crippen LogP contribution in [0.5, 0.6) is 0 Å². The maximum Gasteiger partial charge on any atom is 0.152 e. The molecule has 14 heavy (non-hydrogen) atoms. The lowest BCUT2D eigenvalue weighted by Crippen LogP contribution is -2.28. The molecule has 0 aromatic carbocycles. The Balaban J connectivity index is 2.14. The van der Waals surface area contributed by atoms with Crippen LogP contribution in [0.1, 0.15) is 25.7 Å². The Labute approximate surface area is 88.1 Å². The van der Waals surface area contributed by atoms with E-state index in [-0.39, 0.29) is 0 Å². The Bertz CT molecular complexity index is 190. The molecule has 0 aromatic rings. The Hall–Kier alpha value is 0.0300. The van der Waals surface area contributed by atoms with E-state index in [2.05, 4.69) is 4.90 Å². The second-order valence-electron chi connectivity index (χ2n) is 3.91. The molecule has 2 unspecified atom stereocenters. The number of likely N-dealkylation sites (tertiary alicyclic amines) is 1. The fraction of sp³-hybridized carbons (Fsp3) is 1.00. The first kappa shape index (κ1) is 12.1. The zero-order chi connectivity index (χ0) is 10.4. The SMILES string of the molecule is NC1CCCN(CCCS(=O)O)CC1. The predicted molar refractivity (Wildman–Crippen MR) is 58.5 cm³/mol. The highest BCUT2D eigenvalue weighted by atomic mass is 32.2. The second kappa shape index (κ2) is 6.50. The molecule has 1 aliphatic heterocycles. The van der Waals surface area contributed by atoms with Gasteiger partial charge in [-0.1, -0.05) is 0 Å². The third-order valence-electron chi connectivity index (χ3n) is 2.66. The lowest BCUT2D eigenvalue weighted by Gasteiger charge is -2.19. The van der Waals surface area contributed by atoms with E-state index in [1.165, 1.54) is 0 Å². The van der Waals surface area contributed by atoms with Crippen LogP contribution in [0.3, 0.4) is 0 Å². The first-order valence-corrected chi connectivity index (χ1v) is 6.51. The monoisotopic (exact) mass is 220 g/mol. The molecule has 0 amide bonds. The van der Waals surface area contributed by atoms with Crippen LogP contribution in [-0.4, -0.2) is 45.1 Å². The number of hydrogen-bond donors (Lipinski definition) is 2. The van der Waals surface area contributed by atoms with Gasteiger partial charge in [-0.2, -0.15) is 0 Å². The molecule has 0 saturated carbocycles. The minimum absolute atomic E-state index is 0.354. The summed E-state index contributed by atoms with van der Waals surface area (Å²) in [5.41, 5.74) is 5.86. The van der Waals surface area contributed by atoms with Crippen molar-refractivity contribution in [3.63, 3.8) is 0 Å². The van der Waals surface area contributed by atoms with Crippen molar-refractivity contribution in [2.75, 3.05) is 25.4 Å². The van der Waals surface area contributed by atoms with Crippen molar-refractivity contribution in [3.05, 3.63) is 0 Å². The van der Waals surface area contributed by atoms with Gasteiger partial charge in [0.05, 0.1) is 5.75 Å². The summed E-state index contributed by atoms with van der Waals surface area (Å²) in [6, 6.07) is 0.354. The highest BCUT2D eigenvalue weighted by Gasteiger charge is 2.13. The molecule has 0 spiro atoms. The quantitative estimate of drug-likeness (QED) is 0.674. The molecule has 0 aromatic heterocycles. The Kier molecular flexibility index (Phi) is 5.62. The minimum atomic E-state index is -1.63.